The number of alkyl halides is 6. The Kier molecular flexibility index (Phi) is 14.5. The van der Waals surface area contributed by atoms with Gasteiger partial charge in [0.1, 0.15) is 0 Å². The van der Waals surface area contributed by atoms with Crippen molar-refractivity contribution in [3.05, 3.63) is 131 Å². The summed E-state index contributed by atoms with van der Waals surface area (Å²) in [5.41, 5.74) is 4.91. The maximum atomic E-state index is 12.7. The van der Waals surface area contributed by atoms with Crippen LogP contribution in [0.5, 0.6) is 0 Å². The second-order valence-electron chi connectivity index (χ2n) is 12.3. The van der Waals surface area contributed by atoms with E-state index in [0.29, 0.717) is 0 Å². The molecule has 264 valence electrons. The number of hydrogen-bond acceptors (Lipinski definition) is 0. The molecule has 0 N–H and O–H groups in total. The van der Waals surface area contributed by atoms with E-state index < -0.39 is 49.7 Å². The van der Waals surface area contributed by atoms with Gasteiger partial charge in [-0.15, -0.1) is 69.1 Å². The van der Waals surface area contributed by atoms with Gasteiger partial charge in [-0.2, -0.15) is 38.5 Å². The van der Waals surface area contributed by atoms with Gasteiger partial charge in [0.05, 0.1) is 11.1 Å². The molecule has 0 heterocycles. The number of aryl methyl sites for hydroxylation is 2. The Balaban J connectivity index is 0.000000194. The molecule has 6 aromatic carbocycles. The average Bonchev–Trinajstić information content (AvgIpc) is 3.68. The zero-order valence-electron chi connectivity index (χ0n) is 28.2. The monoisotopic (exact) mass is 866 g/mol. The molecule has 0 bridgehead atoms. The second-order valence-corrected chi connectivity index (χ2v) is 50.2. The molecule has 0 aliphatic rings. The van der Waals surface area contributed by atoms with Crippen LogP contribution in [0, 0.1) is 0 Å². The maximum absolute atomic E-state index is 12.7. The van der Waals surface area contributed by atoms with Crippen LogP contribution in [-0.2, 0) is 41.4 Å². The number of halogens is 8. The number of rotatable bonds is 6. The molecule has 10 heteroatoms. The molecule has 0 radical (unpaired) electrons. The van der Waals surface area contributed by atoms with E-state index in [4.69, 9.17) is 17.0 Å². The summed E-state index contributed by atoms with van der Waals surface area (Å²) < 4.78 is 76.0. The first-order valence-corrected chi connectivity index (χ1v) is 34.3. The molecule has 0 saturated carbocycles. The van der Waals surface area contributed by atoms with Crippen LogP contribution in [0.15, 0.2) is 109 Å². The fraction of sp³-hybridized carbons (Fsp3) is 0.250. The van der Waals surface area contributed by atoms with Gasteiger partial charge in [-0.25, -0.2) is 0 Å². The average molecular weight is 867 g/mol. The molecule has 0 fully saturated rings. The summed E-state index contributed by atoms with van der Waals surface area (Å²) in [5.74, 6) is 4.46. The molecule has 0 amide bonds. The first kappa shape index (κ1) is 40.5. The zero-order valence-corrected chi connectivity index (χ0v) is 34.3. The molecule has 6 aromatic rings. The van der Waals surface area contributed by atoms with Crippen molar-refractivity contribution >= 4 is 48.5 Å². The Labute approximate surface area is 306 Å². The van der Waals surface area contributed by atoms with E-state index >= 15 is 0 Å². The van der Waals surface area contributed by atoms with Crippen LogP contribution in [0.2, 0.25) is 11.5 Å². The molecule has 50 heavy (non-hydrogen) atoms. The molecular weight excluding hydrogens is 829 g/mol. The van der Waals surface area contributed by atoms with E-state index in [9.17, 15) is 26.3 Å². The first-order chi connectivity index (χ1) is 23.6. The minimum absolute atomic E-state index is 0.613. The van der Waals surface area contributed by atoms with Crippen molar-refractivity contribution in [1.29, 1.82) is 0 Å². The van der Waals surface area contributed by atoms with E-state index in [1.165, 1.54) is 11.1 Å². The quantitative estimate of drug-likeness (QED) is 0.0889. The number of benzene rings is 4. The molecule has 0 saturated heterocycles. The fourth-order valence-electron chi connectivity index (χ4n) is 5.64. The van der Waals surface area contributed by atoms with E-state index in [0.717, 1.165) is 93.7 Å². The summed E-state index contributed by atoms with van der Waals surface area (Å²) in [4.78, 5) is 0. The molecular formula is C40H38Cl2F6GeZr-2. The first-order valence-electron chi connectivity index (χ1n) is 16.3. The predicted octanol–water partition coefficient (Wildman–Crippen LogP) is 14.6. The van der Waals surface area contributed by atoms with Crippen LogP contribution in [0.4, 0.5) is 26.3 Å². The molecule has 0 aromatic heterocycles. The van der Waals surface area contributed by atoms with E-state index in [-0.39, 0.29) is 0 Å². The summed E-state index contributed by atoms with van der Waals surface area (Å²) >= 11 is -1.59. The predicted molar refractivity (Wildman–Crippen MR) is 197 cm³/mol. The third kappa shape index (κ3) is 10.9. The van der Waals surface area contributed by atoms with Gasteiger partial charge >= 0.3 is 67.1 Å². The Morgan fingerprint density at radius 3 is 1.20 bits per heavy atom. The van der Waals surface area contributed by atoms with E-state index in [1.54, 1.807) is 24.3 Å². The molecule has 0 spiro atoms. The minimum atomic E-state index is -4.29. The summed E-state index contributed by atoms with van der Waals surface area (Å²) in [6.45, 7) is 4.27. The fourth-order valence-corrected chi connectivity index (χ4v) is 5.64. The molecule has 0 aliphatic heterocycles. The normalized spacial score (nSPS) is 11.5. The van der Waals surface area contributed by atoms with Crippen molar-refractivity contribution in [2.45, 2.75) is 63.4 Å². The van der Waals surface area contributed by atoms with Gasteiger partial charge in [0.15, 0.2) is 0 Å². The zero-order chi connectivity index (χ0) is 36.6. The van der Waals surface area contributed by atoms with Crippen LogP contribution in [0.1, 0.15) is 48.9 Å². The summed E-state index contributed by atoms with van der Waals surface area (Å²) in [6, 6.07) is 31.3. The molecule has 6 rings (SSSR count). The van der Waals surface area contributed by atoms with Gasteiger partial charge in [0.25, 0.3) is 0 Å². The van der Waals surface area contributed by atoms with Gasteiger partial charge in [-0.3, -0.25) is 0 Å². The Hall–Kier alpha value is -2.31. The van der Waals surface area contributed by atoms with Crippen molar-refractivity contribution in [3.8, 4) is 22.3 Å². The molecule has 0 aliphatic carbocycles. The third-order valence-electron chi connectivity index (χ3n) is 8.12. The van der Waals surface area contributed by atoms with Crippen LogP contribution < -0.4 is 0 Å². The standard InChI is InChI=1S/2C19H16F3.C2H6Ge.2ClH.Zr/c2*1-2-4-13-11-15-5-3-6-17(18(15)12-13)14-7-9-16(10-8-14)19(20,21)22;1-3-2;;;/h2*3,5-12H,2,4H2,1H3;1-2H3;2*1H;/q2*-1;;;;+2/p-2. The van der Waals surface area contributed by atoms with Gasteiger partial charge < -0.3 is 0 Å². The van der Waals surface area contributed by atoms with Gasteiger partial charge in [-0.1, -0.05) is 74.2 Å². The van der Waals surface area contributed by atoms with Crippen molar-refractivity contribution < 1.29 is 42.6 Å². The van der Waals surface area contributed by atoms with Gasteiger partial charge in [0, 0.05) is 0 Å². The number of fused-ring (bicyclic) bond motifs is 2. The Morgan fingerprint density at radius 1 is 0.580 bits per heavy atom. The van der Waals surface area contributed by atoms with Crippen LogP contribution in [0.25, 0.3) is 43.8 Å². The topological polar surface area (TPSA) is 0 Å². The SMILES string of the molecule is CCCc1cc2c(-c3ccc(C(F)(F)F)cc3)cccc2[cH-]1.CCCc1cc2c(-c3ccc(C(F)(F)F)cc3)cccc2[cH-]1.[CH3][Ge]([CH3])=[Zr]([Cl])[Cl]. The third-order valence-corrected chi connectivity index (χ3v) is 42.6. The van der Waals surface area contributed by atoms with Crippen molar-refractivity contribution in [2.75, 3.05) is 0 Å². The summed E-state index contributed by atoms with van der Waals surface area (Å²) in [5, 5.41) is 4.48. The number of hydrogen-bond donors (Lipinski definition) is 0. The van der Waals surface area contributed by atoms with Crippen LogP contribution >= 0.6 is 17.0 Å². The summed E-state index contributed by atoms with van der Waals surface area (Å²) in [7, 11) is 10.6. The Morgan fingerprint density at radius 2 is 0.920 bits per heavy atom. The van der Waals surface area contributed by atoms with E-state index in [2.05, 4.69) is 49.6 Å². The van der Waals surface area contributed by atoms with E-state index in [1.807, 2.05) is 36.4 Å². The molecule has 0 nitrogen and oxygen atoms in total. The van der Waals surface area contributed by atoms with Crippen molar-refractivity contribution in [2.24, 2.45) is 0 Å². The van der Waals surface area contributed by atoms with Crippen molar-refractivity contribution in [1.82, 2.24) is 0 Å². The van der Waals surface area contributed by atoms with Gasteiger partial charge in [-0.05, 0) is 48.2 Å². The molecule has 0 unspecified atom stereocenters. The second kappa shape index (κ2) is 17.9. The van der Waals surface area contributed by atoms with Crippen LogP contribution in [0.3, 0.4) is 0 Å². The van der Waals surface area contributed by atoms with Gasteiger partial charge in [0.2, 0.25) is 0 Å². The summed E-state index contributed by atoms with van der Waals surface area (Å²) in [6.07, 6.45) is -4.40. The Bertz CT molecular complexity index is 1880. The van der Waals surface area contributed by atoms with Crippen LogP contribution in [-0.4, -0.2) is 9.98 Å². The van der Waals surface area contributed by atoms with Crippen molar-refractivity contribution in [3.63, 3.8) is 0 Å². The molecule has 0 atom stereocenters.